The van der Waals surface area contributed by atoms with E-state index in [4.69, 9.17) is 11.6 Å². The second-order valence-electron chi connectivity index (χ2n) is 5.55. The monoisotopic (exact) mass is 350 g/mol. The van der Waals surface area contributed by atoms with Crippen molar-refractivity contribution in [3.63, 3.8) is 0 Å². The van der Waals surface area contributed by atoms with Crippen LogP contribution in [0.1, 0.15) is 21.7 Å². The van der Waals surface area contributed by atoms with E-state index in [1.165, 1.54) is 22.5 Å². The smallest absolute Gasteiger partial charge is 0.134 e. The van der Waals surface area contributed by atoms with Gasteiger partial charge in [-0.3, -0.25) is 0 Å². The van der Waals surface area contributed by atoms with Gasteiger partial charge < -0.3 is 0 Å². The number of aryl methyl sites for hydroxylation is 2. The van der Waals surface area contributed by atoms with Gasteiger partial charge >= 0.3 is 0 Å². The quantitative estimate of drug-likeness (QED) is 0.531. The maximum Gasteiger partial charge on any atom is 0.134 e. The minimum Gasteiger partial charge on any atom is -0.235 e. The zero-order valence-corrected chi connectivity index (χ0v) is 14.9. The first kappa shape index (κ1) is 16.4. The first-order chi connectivity index (χ1) is 11.6. The molecule has 0 N–H and O–H groups in total. The van der Waals surface area contributed by atoms with Crippen LogP contribution in [0.25, 0.3) is 22.9 Å². The lowest BCUT2D eigenvalue weighted by molar-refractivity contribution is 1.32. The molecule has 0 amide bonds. The lowest BCUT2D eigenvalue weighted by Gasteiger charge is -2.03. The number of benzene rings is 2. The molecule has 2 nitrogen and oxygen atoms in total. The SMILES string of the molecule is Cc1ccc(-c2csc(C(C#N)=Cc3ccccc3Cl)n2)c(C)c1. The number of hydrogen-bond acceptors (Lipinski definition) is 3. The molecule has 3 rings (SSSR count). The Morgan fingerprint density at radius 2 is 2.00 bits per heavy atom. The minimum atomic E-state index is 0.518. The molecule has 2 aromatic carbocycles. The zero-order chi connectivity index (χ0) is 17.1. The molecular formula is C20H15ClN2S. The maximum atomic E-state index is 9.51. The molecule has 0 atom stereocenters. The van der Waals surface area contributed by atoms with Crippen LogP contribution in [-0.4, -0.2) is 4.98 Å². The van der Waals surface area contributed by atoms with Gasteiger partial charge in [-0.15, -0.1) is 11.3 Å². The fraction of sp³-hybridized carbons (Fsp3) is 0.100. The van der Waals surface area contributed by atoms with Crippen molar-refractivity contribution in [1.29, 1.82) is 5.26 Å². The molecule has 0 radical (unpaired) electrons. The number of thiazole rings is 1. The molecule has 4 heteroatoms. The Balaban J connectivity index is 2.00. The van der Waals surface area contributed by atoms with Crippen LogP contribution >= 0.6 is 22.9 Å². The molecule has 0 aliphatic carbocycles. The average Bonchev–Trinajstić information content (AvgIpc) is 3.03. The molecular weight excluding hydrogens is 336 g/mol. The van der Waals surface area contributed by atoms with E-state index in [1.807, 2.05) is 29.6 Å². The van der Waals surface area contributed by atoms with Crippen LogP contribution in [0.5, 0.6) is 0 Å². The second-order valence-corrected chi connectivity index (χ2v) is 6.81. The highest BCUT2D eigenvalue weighted by atomic mass is 35.5. The van der Waals surface area contributed by atoms with Crippen LogP contribution in [0.4, 0.5) is 0 Å². The van der Waals surface area contributed by atoms with Gasteiger partial charge in [0, 0.05) is 16.0 Å². The molecule has 0 spiro atoms. The van der Waals surface area contributed by atoms with Crippen molar-refractivity contribution in [2.24, 2.45) is 0 Å². The molecule has 1 aromatic heterocycles. The summed E-state index contributed by atoms with van der Waals surface area (Å²) < 4.78 is 0. The molecule has 0 saturated heterocycles. The Kier molecular flexibility index (Phi) is 4.80. The summed E-state index contributed by atoms with van der Waals surface area (Å²) >= 11 is 7.65. The number of nitriles is 1. The van der Waals surface area contributed by atoms with Crippen LogP contribution in [0.15, 0.2) is 47.8 Å². The van der Waals surface area contributed by atoms with Gasteiger partial charge in [0.1, 0.15) is 11.1 Å². The fourth-order valence-electron chi connectivity index (χ4n) is 2.51. The molecule has 118 valence electrons. The topological polar surface area (TPSA) is 36.7 Å². The fourth-order valence-corrected chi connectivity index (χ4v) is 3.49. The van der Waals surface area contributed by atoms with Gasteiger partial charge in [0.05, 0.1) is 11.3 Å². The zero-order valence-electron chi connectivity index (χ0n) is 13.4. The van der Waals surface area contributed by atoms with Gasteiger partial charge in [-0.05, 0) is 37.1 Å². The van der Waals surface area contributed by atoms with Crippen LogP contribution in [0, 0.1) is 25.2 Å². The van der Waals surface area contributed by atoms with Gasteiger partial charge in [0.15, 0.2) is 0 Å². The Morgan fingerprint density at radius 1 is 1.21 bits per heavy atom. The molecule has 0 fully saturated rings. The van der Waals surface area contributed by atoms with Crippen molar-refractivity contribution in [1.82, 2.24) is 4.98 Å². The predicted molar refractivity (Wildman–Crippen MR) is 102 cm³/mol. The first-order valence-corrected chi connectivity index (χ1v) is 8.74. The van der Waals surface area contributed by atoms with E-state index in [1.54, 1.807) is 6.08 Å². The summed E-state index contributed by atoms with van der Waals surface area (Å²) in [5.74, 6) is 0. The summed E-state index contributed by atoms with van der Waals surface area (Å²) in [6, 6.07) is 16.0. The number of nitrogens with zero attached hydrogens (tertiary/aromatic N) is 2. The number of allylic oxidation sites excluding steroid dienone is 1. The number of aromatic nitrogens is 1. The first-order valence-electron chi connectivity index (χ1n) is 7.48. The molecule has 0 bridgehead atoms. The lowest BCUT2D eigenvalue weighted by atomic mass is 10.0. The third-order valence-electron chi connectivity index (χ3n) is 3.72. The van der Waals surface area contributed by atoms with Gasteiger partial charge in [0.2, 0.25) is 0 Å². The van der Waals surface area contributed by atoms with Crippen LogP contribution in [0.2, 0.25) is 5.02 Å². The third-order valence-corrected chi connectivity index (χ3v) is 4.94. The van der Waals surface area contributed by atoms with E-state index in [9.17, 15) is 5.26 Å². The number of hydrogen-bond donors (Lipinski definition) is 0. The van der Waals surface area contributed by atoms with E-state index in [0.717, 1.165) is 16.8 Å². The second kappa shape index (κ2) is 7.00. The predicted octanol–water partition coefficient (Wildman–Crippen LogP) is 6.14. The van der Waals surface area contributed by atoms with Crippen molar-refractivity contribution < 1.29 is 0 Å². The van der Waals surface area contributed by atoms with Crippen molar-refractivity contribution in [3.8, 4) is 17.3 Å². The number of halogens is 1. The molecule has 0 aliphatic rings. The van der Waals surface area contributed by atoms with E-state index in [-0.39, 0.29) is 0 Å². The van der Waals surface area contributed by atoms with Gasteiger partial charge in [0.25, 0.3) is 0 Å². The summed E-state index contributed by atoms with van der Waals surface area (Å²) in [4.78, 5) is 4.65. The van der Waals surface area contributed by atoms with Gasteiger partial charge in [-0.1, -0.05) is 53.6 Å². The van der Waals surface area contributed by atoms with Gasteiger partial charge in [-0.2, -0.15) is 5.26 Å². The number of rotatable bonds is 3. The van der Waals surface area contributed by atoms with Crippen molar-refractivity contribution in [2.75, 3.05) is 0 Å². The largest absolute Gasteiger partial charge is 0.235 e. The van der Waals surface area contributed by atoms with E-state index >= 15 is 0 Å². The highest BCUT2D eigenvalue weighted by Crippen LogP contribution is 2.30. The van der Waals surface area contributed by atoms with E-state index in [2.05, 4.69) is 43.1 Å². The molecule has 0 unspecified atom stereocenters. The standard InChI is InChI=1S/C20H15ClN2S/c1-13-7-8-17(14(2)9-13)19-12-24-20(23-19)16(11-22)10-15-5-3-4-6-18(15)21/h3-10,12H,1-2H3. The molecule has 3 aromatic rings. The third kappa shape index (κ3) is 3.41. The molecule has 1 heterocycles. The van der Waals surface area contributed by atoms with E-state index in [0.29, 0.717) is 15.6 Å². The van der Waals surface area contributed by atoms with Crippen molar-refractivity contribution >= 4 is 34.6 Å². The molecule has 24 heavy (non-hydrogen) atoms. The van der Waals surface area contributed by atoms with Crippen LogP contribution in [0.3, 0.4) is 0 Å². The highest BCUT2D eigenvalue weighted by molar-refractivity contribution is 7.11. The summed E-state index contributed by atoms with van der Waals surface area (Å²) in [5, 5.41) is 12.8. The minimum absolute atomic E-state index is 0.518. The van der Waals surface area contributed by atoms with Gasteiger partial charge in [-0.25, -0.2) is 4.98 Å². The average molecular weight is 351 g/mol. The Morgan fingerprint density at radius 3 is 2.71 bits per heavy atom. The lowest BCUT2D eigenvalue weighted by Crippen LogP contribution is -1.86. The Bertz CT molecular complexity index is 964. The van der Waals surface area contributed by atoms with Crippen molar-refractivity contribution in [3.05, 3.63) is 74.6 Å². The summed E-state index contributed by atoms with van der Waals surface area (Å²) in [7, 11) is 0. The Labute approximate surface area is 150 Å². The maximum absolute atomic E-state index is 9.51. The highest BCUT2D eigenvalue weighted by Gasteiger charge is 2.11. The summed E-state index contributed by atoms with van der Waals surface area (Å²) in [6.45, 7) is 4.15. The van der Waals surface area contributed by atoms with Crippen molar-refractivity contribution in [2.45, 2.75) is 13.8 Å². The van der Waals surface area contributed by atoms with Crippen LogP contribution < -0.4 is 0 Å². The Hall–Kier alpha value is -2.41. The summed E-state index contributed by atoms with van der Waals surface area (Å²) in [5.41, 5.74) is 5.73. The molecule has 0 saturated carbocycles. The molecule has 0 aliphatic heterocycles. The van der Waals surface area contributed by atoms with E-state index < -0.39 is 0 Å². The van der Waals surface area contributed by atoms with Crippen LogP contribution in [-0.2, 0) is 0 Å². The summed E-state index contributed by atoms with van der Waals surface area (Å²) in [6.07, 6.45) is 1.78. The normalized spacial score (nSPS) is 11.3.